The molecule has 3 rings (SSSR count). The van der Waals surface area contributed by atoms with Crippen LogP contribution >= 0.6 is 0 Å². The predicted molar refractivity (Wildman–Crippen MR) is 81.6 cm³/mol. The van der Waals surface area contributed by atoms with Gasteiger partial charge in [-0.1, -0.05) is 6.07 Å². The summed E-state index contributed by atoms with van der Waals surface area (Å²) in [5.74, 6) is 0.750. The average molecular weight is 283 g/mol. The van der Waals surface area contributed by atoms with Crippen LogP contribution in [0.2, 0.25) is 0 Å². The lowest BCUT2D eigenvalue weighted by Crippen LogP contribution is -1.96. The van der Waals surface area contributed by atoms with Crippen molar-refractivity contribution < 1.29 is 9.84 Å². The van der Waals surface area contributed by atoms with E-state index in [1.165, 1.54) is 0 Å². The third kappa shape index (κ3) is 2.01. The highest BCUT2D eigenvalue weighted by Gasteiger charge is 2.16. The van der Waals surface area contributed by atoms with Gasteiger partial charge in [0.05, 0.1) is 24.1 Å². The van der Waals surface area contributed by atoms with E-state index in [9.17, 15) is 5.11 Å². The maximum Gasteiger partial charge on any atom is 0.158 e. The van der Waals surface area contributed by atoms with Gasteiger partial charge in [-0.05, 0) is 37.6 Å². The second-order valence-corrected chi connectivity index (χ2v) is 5.09. The van der Waals surface area contributed by atoms with Gasteiger partial charge in [0.25, 0.3) is 0 Å². The monoisotopic (exact) mass is 283 g/mol. The lowest BCUT2D eigenvalue weighted by molar-refractivity contribution is 0.410. The fourth-order valence-electron chi connectivity index (χ4n) is 2.73. The van der Waals surface area contributed by atoms with Crippen LogP contribution < -0.4 is 4.74 Å². The van der Waals surface area contributed by atoms with E-state index in [-0.39, 0.29) is 5.75 Å². The minimum absolute atomic E-state index is 0.152. The number of fused-ring (bicyclic) bond motifs is 1. The SMILES string of the molecule is COc1cccc(O)c1-c1cc(C)c2c(C)nn(C)c2n1. The maximum absolute atomic E-state index is 10.2. The number of pyridine rings is 1. The van der Waals surface area contributed by atoms with Gasteiger partial charge in [0.2, 0.25) is 0 Å². The van der Waals surface area contributed by atoms with Crippen molar-refractivity contribution in [2.75, 3.05) is 7.11 Å². The fraction of sp³-hybridized carbons (Fsp3) is 0.250. The molecule has 0 fully saturated rings. The van der Waals surface area contributed by atoms with Gasteiger partial charge in [-0.2, -0.15) is 5.10 Å². The number of phenols is 1. The standard InChI is InChI=1S/C16H17N3O2/c1-9-8-11(15-12(20)6-5-7-13(15)21-4)17-16-14(9)10(2)18-19(16)3/h5-8,20H,1-4H3. The van der Waals surface area contributed by atoms with E-state index in [1.54, 1.807) is 23.9 Å². The van der Waals surface area contributed by atoms with Crippen molar-refractivity contribution in [1.29, 1.82) is 0 Å². The Morgan fingerprint density at radius 1 is 1.24 bits per heavy atom. The van der Waals surface area contributed by atoms with Gasteiger partial charge in [0.1, 0.15) is 11.5 Å². The molecule has 0 saturated heterocycles. The summed E-state index contributed by atoms with van der Waals surface area (Å²) in [5.41, 5.74) is 4.11. The Morgan fingerprint density at radius 3 is 2.71 bits per heavy atom. The number of rotatable bonds is 2. The summed E-state index contributed by atoms with van der Waals surface area (Å²) in [5, 5.41) is 15.6. The van der Waals surface area contributed by atoms with Crippen LogP contribution in [0.4, 0.5) is 0 Å². The minimum Gasteiger partial charge on any atom is -0.507 e. The van der Waals surface area contributed by atoms with Gasteiger partial charge in [-0.25, -0.2) is 4.98 Å². The van der Waals surface area contributed by atoms with Crippen LogP contribution in [0.1, 0.15) is 11.3 Å². The fourth-order valence-corrected chi connectivity index (χ4v) is 2.73. The molecule has 1 N–H and O–H groups in total. The second kappa shape index (κ2) is 4.77. The third-order valence-corrected chi connectivity index (χ3v) is 3.65. The van der Waals surface area contributed by atoms with Crippen molar-refractivity contribution in [3.63, 3.8) is 0 Å². The number of benzene rings is 1. The maximum atomic E-state index is 10.2. The minimum atomic E-state index is 0.152. The summed E-state index contributed by atoms with van der Waals surface area (Å²) < 4.78 is 7.10. The van der Waals surface area contributed by atoms with Crippen LogP contribution in [0.3, 0.4) is 0 Å². The van der Waals surface area contributed by atoms with Crippen molar-refractivity contribution in [2.45, 2.75) is 13.8 Å². The smallest absolute Gasteiger partial charge is 0.158 e. The normalized spacial score (nSPS) is 11.0. The predicted octanol–water partition coefficient (Wildman–Crippen LogP) is 2.97. The molecule has 5 heteroatoms. The Balaban J connectivity index is 2.34. The van der Waals surface area contributed by atoms with Crippen LogP contribution in [0.5, 0.6) is 11.5 Å². The van der Waals surface area contributed by atoms with Gasteiger partial charge in [0, 0.05) is 12.4 Å². The topological polar surface area (TPSA) is 60.2 Å². The summed E-state index contributed by atoms with van der Waals surface area (Å²) in [4.78, 5) is 4.66. The van der Waals surface area contributed by atoms with Gasteiger partial charge in [-0.3, -0.25) is 4.68 Å². The highest BCUT2D eigenvalue weighted by Crippen LogP contribution is 2.38. The van der Waals surface area contributed by atoms with E-state index < -0.39 is 0 Å². The molecule has 1 aromatic carbocycles. The van der Waals surface area contributed by atoms with Gasteiger partial charge >= 0.3 is 0 Å². The second-order valence-electron chi connectivity index (χ2n) is 5.09. The van der Waals surface area contributed by atoms with Crippen LogP contribution in [0, 0.1) is 13.8 Å². The molecule has 2 heterocycles. The van der Waals surface area contributed by atoms with E-state index in [0.717, 1.165) is 22.3 Å². The lowest BCUT2D eigenvalue weighted by atomic mass is 10.0. The Morgan fingerprint density at radius 2 is 2.00 bits per heavy atom. The summed E-state index contributed by atoms with van der Waals surface area (Å²) in [6, 6.07) is 7.14. The van der Waals surface area contributed by atoms with Crippen LogP contribution in [-0.2, 0) is 7.05 Å². The first-order valence-electron chi connectivity index (χ1n) is 6.70. The Hall–Kier alpha value is -2.56. The largest absolute Gasteiger partial charge is 0.507 e. The zero-order valence-electron chi connectivity index (χ0n) is 12.5. The molecule has 0 radical (unpaired) electrons. The first-order chi connectivity index (χ1) is 10.0. The molecule has 0 saturated carbocycles. The first kappa shape index (κ1) is 13.4. The molecule has 0 aliphatic heterocycles. The average Bonchev–Trinajstić information content (AvgIpc) is 2.73. The van der Waals surface area contributed by atoms with Gasteiger partial charge < -0.3 is 9.84 Å². The van der Waals surface area contributed by atoms with Gasteiger partial charge in [0.15, 0.2) is 5.65 Å². The molecule has 0 amide bonds. The number of ether oxygens (including phenoxy) is 1. The molecule has 0 spiro atoms. The molecule has 0 atom stereocenters. The number of phenolic OH excluding ortho intramolecular Hbond substituents is 1. The highest BCUT2D eigenvalue weighted by atomic mass is 16.5. The Kier molecular flexibility index (Phi) is 3.05. The lowest BCUT2D eigenvalue weighted by Gasteiger charge is -2.11. The first-order valence-corrected chi connectivity index (χ1v) is 6.70. The van der Waals surface area contributed by atoms with E-state index in [0.29, 0.717) is 17.0 Å². The van der Waals surface area contributed by atoms with Crippen molar-refractivity contribution >= 4 is 11.0 Å². The number of methoxy groups -OCH3 is 1. The third-order valence-electron chi connectivity index (χ3n) is 3.65. The zero-order chi connectivity index (χ0) is 15.1. The summed E-state index contributed by atoms with van der Waals surface area (Å²) in [6.07, 6.45) is 0. The van der Waals surface area contributed by atoms with E-state index >= 15 is 0 Å². The van der Waals surface area contributed by atoms with E-state index in [1.807, 2.05) is 33.0 Å². The molecule has 0 aliphatic carbocycles. The van der Waals surface area contributed by atoms with Gasteiger partial charge in [-0.15, -0.1) is 0 Å². The number of aryl methyl sites for hydroxylation is 3. The van der Waals surface area contributed by atoms with E-state index in [4.69, 9.17) is 4.74 Å². The molecule has 3 aromatic rings. The van der Waals surface area contributed by atoms with Crippen molar-refractivity contribution in [3.05, 3.63) is 35.5 Å². The summed E-state index contributed by atoms with van der Waals surface area (Å²) >= 11 is 0. The number of hydrogen-bond acceptors (Lipinski definition) is 4. The van der Waals surface area contributed by atoms with Crippen LogP contribution in [0.15, 0.2) is 24.3 Å². The molecule has 108 valence electrons. The summed E-state index contributed by atoms with van der Waals surface area (Å²) in [7, 11) is 3.45. The molecular formula is C16H17N3O2. The number of aromatic nitrogens is 3. The van der Waals surface area contributed by atoms with Crippen molar-refractivity contribution in [2.24, 2.45) is 7.05 Å². The van der Waals surface area contributed by atoms with Crippen LogP contribution in [0.25, 0.3) is 22.3 Å². The molecule has 21 heavy (non-hydrogen) atoms. The van der Waals surface area contributed by atoms with Crippen molar-refractivity contribution in [1.82, 2.24) is 14.8 Å². The summed E-state index contributed by atoms with van der Waals surface area (Å²) in [6.45, 7) is 3.99. The van der Waals surface area contributed by atoms with Crippen molar-refractivity contribution in [3.8, 4) is 22.8 Å². The molecule has 0 aliphatic rings. The zero-order valence-corrected chi connectivity index (χ0v) is 12.5. The molecule has 0 unspecified atom stereocenters. The van der Waals surface area contributed by atoms with Crippen LogP contribution in [-0.4, -0.2) is 27.0 Å². The Bertz CT molecular complexity index is 837. The number of hydrogen-bond donors (Lipinski definition) is 1. The number of nitrogens with zero attached hydrogens (tertiary/aromatic N) is 3. The highest BCUT2D eigenvalue weighted by molar-refractivity contribution is 5.86. The number of aromatic hydroxyl groups is 1. The quantitative estimate of drug-likeness (QED) is 0.785. The molecule has 5 nitrogen and oxygen atoms in total. The van der Waals surface area contributed by atoms with E-state index in [2.05, 4.69) is 10.1 Å². The molecule has 2 aromatic heterocycles. The molecular weight excluding hydrogens is 266 g/mol. The molecule has 0 bridgehead atoms. The Labute approximate surface area is 122 Å².